The molecule has 0 radical (unpaired) electrons. The highest BCUT2D eigenvalue weighted by Gasteiger charge is 2.61. The van der Waals surface area contributed by atoms with E-state index in [-0.39, 0.29) is 17.7 Å². The number of epoxide rings is 1. The number of esters is 1. The van der Waals surface area contributed by atoms with Crippen molar-refractivity contribution in [3.8, 4) is 0 Å². The summed E-state index contributed by atoms with van der Waals surface area (Å²) in [4.78, 5) is 11.1. The lowest BCUT2D eigenvalue weighted by Gasteiger charge is -2.18. The molecule has 0 amide bonds. The average molecular weight is 172 g/mol. The van der Waals surface area contributed by atoms with E-state index in [0.29, 0.717) is 13.2 Å². The first-order chi connectivity index (χ1) is 5.78. The molecular weight excluding hydrogens is 160 g/mol. The van der Waals surface area contributed by atoms with Gasteiger partial charge in [0.25, 0.3) is 0 Å². The van der Waals surface area contributed by atoms with Gasteiger partial charge < -0.3 is 14.2 Å². The van der Waals surface area contributed by atoms with Crippen LogP contribution in [0.5, 0.6) is 0 Å². The molecule has 12 heavy (non-hydrogen) atoms. The van der Waals surface area contributed by atoms with Gasteiger partial charge in [0, 0.05) is 26.1 Å². The first-order valence-electron chi connectivity index (χ1n) is 4.12. The number of ether oxygens (including phenoxy) is 3. The van der Waals surface area contributed by atoms with Gasteiger partial charge in [0.1, 0.15) is 5.60 Å². The predicted molar refractivity (Wildman–Crippen MR) is 39.7 cm³/mol. The van der Waals surface area contributed by atoms with E-state index in [2.05, 4.69) is 4.74 Å². The number of carbonyl (C=O) groups excluding carboxylic acids is 1. The van der Waals surface area contributed by atoms with Gasteiger partial charge in [-0.3, -0.25) is 0 Å². The lowest BCUT2D eigenvalue weighted by Crippen LogP contribution is -2.29. The van der Waals surface area contributed by atoms with Crippen LogP contribution in [0.2, 0.25) is 0 Å². The quantitative estimate of drug-likeness (QED) is 0.416. The van der Waals surface area contributed by atoms with E-state index in [9.17, 15) is 4.79 Å². The topological polar surface area (TPSA) is 48.1 Å². The SMILES string of the molecule is COC(=O)[C@@H]1OC12CCOCC2. The van der Waals surface area contributed by atoms with Crippen LogP contribution in [0.3, 0.4) is 0 Å². The van der Waals surface area contributed by atoms with E-state index < -0.39 is 0 Å². The molecule has 4 heteroatoms. The fourth-order valence-electron chi connectivity index (χ4n) is 1.67. The molecule has 0 aromatic rings. The number of rotatable bonds is 1. The van der Waals surface area contributed by atoms with Gasteiger partial charge in [0.2, 0.25) is 0 Å². The maximum absolute atomic E-state index is 11.1. The van der Waals surface area contributed by atoms with E-state index in [1.165, 1.54) is 7.11 Å². The van der Waals surface area contributed by atoms with Gasteiger partial charge in [0.05, 0.1) is 7.11 Å². The molecule has 0 aromatic carbocycles. The number of carbonyl (C=O) groups is 1. The zero-order chi connectivity index (χ0) is 8.60. The average Bonchev–Trinajstić information content (AvgIpc) is 2.80. The molecule has 4 nitrogen and oxygen atoms in total. The molecule has 68 valence electrons. The molecule has 2 saturated heterocycles. The molecular formula is C8H12O4. The second kappa shape index (κ2) is 2.71. The first kappa shape index (κ1) is 8.01. The van der Waals surface area contributed by atoms with Gasteiger partial charge in [-0.05, 0) is 0 Å². The molecule has 0 aliphatic carbocycles. The summed E-state index contributed by atoms with van der Waals surface area (Å²) < 4.78 is 15.1. The molecule has 1 spiro atoms. The highest BCUT2D eigenvalue weighted by molar-refractivity contribution is 5.79. The first-order valence-corrected chi connectivity index (χ1v) is 4.12. The van der Waals surface area contributed by atoms with Crippen LogP contribution in [0.4, 0.5) is 0 Å². The molecule has 0 unspecified atom stereocenters. The fourth-order valence-corrected chi connectivity index (χ4v) is 1.67. The third-order valence-corrected chi connectivity index (χ3v) is 2.53. The molecule has 2 aliphatic heterocycles. The van der Waals surface area contributed by atoms with Crippen molar-refractivity contribution in [2.45, 2.75) is 24.5 Å². The highest BCUT2D eigenvalue weighted by atomic mass is 16.7. The molecule has 2 heterocycles. The lowest BCUT2D eigenvalue weighted by atomic mass is 9.96. The Morgan fingerprint density at radius 3 is 2.75 bits per heavy atom. The maximum atomic E-state index is 11.1. The molecule has 0 bridgehead atoms. The van der Waals surface area contributed by atoms with E-state index in [1.807, 2.05) is 0 Å². The Morgan fingerprint density at radius 2 is 2.17 bits per heavy atom. The Labute approximate surface area is 70.8 Å². The summed E-state index contributed by atoms with van der Waals surface area (Å²) in [6.07, 6.45) is 1.30. The standard InChI is InChI=1S/C8H12O4/c1-10-7(9)6-8(12-6)2-4-11-5-3-8/h6H,2-5H2,1H3/t6-/m0/s1. The minimum atomic E-state index is -0.327. The molecule has 0 saturated carbocycles. The second-order valence-electron chi connectivity index (χ2n) is 3.20. The van der Waals surface area contributed by atoms with Gasteiger partial charge in [-0.25, -0.2) is 4.79 Å². The summed E-state index contributed by atoms with van der Waals surface area (Å²) >= 11 is 0. The summed E-state index contributed by atoms with van der Waals surface area (Å²) in [7, 11) is 1.39. The summed E-state index contributed by atoms with van der Waals surface area (Å²) in [5, 5.41) is 0. The zero-order valence-electron chi connectivity index (χ0n) is 7.04. The summed E-state index contributed by atoms with van der Waals surface area (Å²) in [5.74, 6) is -0.253. The molecule has 2 fully saturated rings. The monoisotopic (exact) mass is 172 g/mol. The van der Waals surface area contributed by atoms with E-state index in [0.717, 1.165) is 12.8 Å². The van der Waals surface area contributed by atoms with Crippen molar-refractivity contribution in [1.29, 1.82) is 0 Å². The van der Waals surface area contributed by atoms with Gasteiger partial charge in [-0.1, -0.05) is 0 Å². The Bertz CT molecular complexity index is 195. The summed E-state index contributed by atoms with van der Waals surface area (Å²) in [6.45, 7) is 1.38. The minimum absolute atomic E-state index is 0.231. The lowest BCUT2D eigenvalue weighted by molar-refractivity contribution is -0.142. The van der Waals surface area contributed by atoms with Crippen molar-refractivity contribution in [3.05, 3.63) is 0 Å². The van der Waals surface area contributed by atoms with Crippen LogP contribution in [-0.4, -0.2) is 38.0 Å². The highest BCUT2D eigenvalue weighted by Crippen LogP contribution is 2.45. The summed E-state index contributed by atoms with van der Waals surface area (Å²) in [6, 6.07) is 0. The van der Waals surface area contributed by atoms with Crippen molar-refractivity contribution in [2.24, 2.45) is 0 Å². The van der Waals surface area contributed by atoms with Gasteiger partial charge in [-0.2, -0.15) is 0 Å². The van der Waals surface area contributed by atoms with Crippen molar-refractivity contribution < 1.29 is 19.0 Å². The van der Waals surface area contributed by atoms with Crippen LogP contribution in [0.1, 0.15) is 12.8 Å². The zero-order valence-corrected chi connectivity index (χ0v) is 7.04. The summed E-state index contributed by atoms with van der Waals surface area (Å²) in [5.41, 5.74) is -0.231. The third-order valence-electron chi connectivity index (χ3n) is 2.53. The van der Waals surface area contributed by atoms with Crippen LogP contribution in [0.25, 0.3) is 0 Å². The second-order valence-corrected chi connectivity index (χ2v) is 3.20. The molecule has 2 aliphatic rings. The van der Waals surface area contributed by atoms with E-state index >= 15 is 0 Å². The molecule has 0 aromatic heterocycles. The van der Waals surface area contributed by atoms with Crippen LogP contribution < -0.4 is 0 Å². The fraction of sp³-hybridized carbons (Fsp3) is 0.875. The minimum Gasteiger partial charge on any atom is -0.467 e. The number of hydrogen-bond acceptors (Lipinski definition) is 4. The third kappa shape index (κ3) is 1.11. The molecule has 0 N–H and O–H groups in total. The van der Waals surface area contributed by atoms with Crippen molar-refractivity contribution in [3.63, 3.8) is 0 Å². The Morgan fingerprint density at radius 1 is 1.50 bits per heavy atom. The molecule has 1 atom stereocenters. The Kier molecular flexibility index (Phi) is 1.81. The van der Waals surface area contributed by atoms with E-state index in [1.54, 1.807) is 0 Å². The van der Waals surface area contributed by atoms with Gasteiger partial charge >= 0.3 is 5.97 Å². The Balaban J connectivity index is 1.95. The Hall–Kier alpha value is -0.610. The van der Waals surface area contributed by atoms with Gasteiger partial charge in [0.15, 0.2) is 6.10 Å². The largest absolute Gasteiger partial charge is 0.467 e. The van der Waals surface area contributed by atoms with Crippen LogP contribution in [0.15, 0.2) is 0 Å². The van der Waals surface area contributed by atoms with Gasteiger partial charge in [-0.15, -0.1) is 0 Å². The number of methoxy groups -OCH3 is 1. The van der Waals surface area contributed by atoms with Crippen molar-refractivity contribution in [1.82, 2.24) is 0 Å². The number of hydrogen-bond donors (Lipinski definition) is 0. The normalized spacial score (nSPS) is 31.6. The van der Waals surface area contributed by atoms with Crippen LogP contribution in [0, 0.1) is 0 Å². The molecule has 2 rings (SSSR count). The van der Waals surface area contributed by atoms with Crippen molar-refractivity contribution >= 4 is 5.97 Å². The smallest absolute Gasteiger partial charge is 0.338 e. The van der Waals surface area contributed by atoms with Crippen LogP contribution in [-0.2, 0) is 19.0 Å². The van der Waals surface area contributed by atoms with Crippen molar-refractivity contribution in [2.75, 3.05) is 20.3 Å². The van der Waals surface area contributed by atoms with Crippen LogP contribution >= 0.6 is 0 Å². The van der Waals surface area contributed by atoms with E-state index in [4.69, 9.17) is 9.47 Å². The maximum Gasteiger partial charge on any atom is 0.338 e. The predicted octanol–water partition coefficient (Wildman–Crippen LogP) is 0.107.